The van der Waals surface area contributed by atoms with E-state index in [1.807, 2.05) is 24.3 Å². The maximum absolute atomic E-state index is 13.4. The molecule has 8 heteroatoms. The van der Waals surface area contributed by atoms with Gasteiger partial charge in [0, 0.05) is 5.02 Å². The molecule has 158 valence electrons. The number of nitrogens with zero attached hydrogens (tertiary/aromatic N) is 2. The summed E-state index contributed by atoms with van der Waals surface area (Å²) in [5.74, 6) is 0.160. The average Bonchev–Trinajstić information content (AvgIpc) is 3.08. The fourth-order valence-corrected chi connectivity index (χ4v) is 4.68. The molecule has 0 fully saturated rings. The largest absolute Gasteiger partial charge is 0.497 e. The Morgan fingerprint density at radius 2 is 1.81 bits per heavy atom. The maximum atomic E-state index is 13.4. The Hall–Kier alpha value is -3.16. The Bertz CT molecular complexity index is 1350. The fourth-order valence-electron chi connectivity index (χ4n) is 3.50. The molecular weight excluding hydrogens is 436 g/mol. The predicted molar refractivity (Wildman–Crippen MR) is 120 cm³/mol. The molecule has 2 aromatic carbocycles. The van der Waals surface area contributed by atoms with Crippen molar-refractivity contribution >= 4 is 35.0 Å². The molecule has 31 heavy (non-hydrogen) atoms. The molecule has 3 aromatic rings. The Morgan fingerprint density at radius 3 is 2.42 bits per heavy atom. The smallest absolute Gasteiger partial charge is 0.338 e. The highest BCUT2D eigenvalue weighted by Gasteiger charge is 2.33. The summed E-state index contributed by atoms with van der Waals surface area (Å²) >= 11 is 7.24. The van der Waals surface area contributed by atoms with Crippen molar-refractivity contribution in [2.45, 2.75) is 13.0 Å². The Balaban J connectivity index is 1.94. The molecule has 0 N–H and O–H groups in total. The van der Waals surface area contributed by atoms with Crippen LogP contribution in [0.2, 0.25) is 5.02 Å². The van der Waals surface area contributed by atoms with Gasteiger partial charge in [0.2, 0.25) is 0 Å². The number of carbonyl (C=O) groups is 1. The first-order valence-corrected chi connectivity index (χ1v) is 10.6. The first-order valence-electron chi connectivity index (χ1n) is 9.43. The first-order chi connectivity index (χ1) is 14.9. The summed E-state index contributed by atoms with van der Waals surface area (Å²) in [6, 6.07) is 13.8. The summed E-state index contributed by atoms with van der Waals surface area (Å²) < 4.78 is 12.3. The number of rotatable bonds is 4. The monoisotopic (exact) mass is 454 g/mol. The van der Waals surface area contributed by atoms with Crippen molar-refractivity contribution in [2.75, 3.05) is 14.2 Å². The van der Waals surface area contributed by atoms with Gasteiger partial charge in [-0.2, -0.15) is 0 Å². The van der Waals surface area contributed by atoms with Crippen LogP contribution in [0.25, 0.3) is 6.08 Å². The van der Waals surface area contributed by atoms with Crippen molar-refractivity contribution < 1.29 is 14.3 Å². The van der Waals surface area contributed by atoms with Gasteiger partial charge in [-0.3, -0.25) is 9.36 Å². The lowest BCUT2D eigenvalue weighted by Gasteiger charge is -2.24. The zero-order valence-corrected chi connectivity index (χ0v) is 18.7. The third-order valence-electron chi connectivity index (χ3n) is 5.03. The number of esters is 1. The lowest BCUT2D eigenvalue weighted by molar-refractivity contribution is -0.136. The van der Waals surface area contributed by atoms with Gasteiger partial charge in [0.05, 0.1) is 36.1 Å². The first kappa shape index (κ1) is 21.1. The van der Waals surface area contributed by atoms with Crippen molar-refractivity contribution in [2.24, 2.45) is 4.99 Å². The van der Waals surface area contributed by atoms with E-state index in [0.717, 1.165) is 11.1 Å². The highest BCUT2D eigenvalue weighted by atomic mass is 35.5. The molecule has 0 aliphatic carbocycles. The van der Waals surface area contributed by atoms with E-state index in [1.54, 1.807) is 48.9 Å². The van der Waals surface area contributed by atoms with Gasteiger partial charge in [-0.05, 0) is 48.4 Å². The maximum Gasteiger partial charge on any atom is 0.338 e. The number of methoxy groups -OCH3 is 2. The molecule has 0 amide bonds. The number of thiazole rings is 1. The molecule has 1 aliphatic rings. The minimum Gasteiger partial charge on any atom is -0.497 e. The van der Waals surface area contributed by atoms with Crippen LogP contribution in [-0.2, 0) is 9.53 Å². The van der Waals surface area contributed by atoms with Crippen molar-refractivity contribution in [3.8, 4) is 5.75 Å². The number of ether oxygens (including phenoxy) is 2. The third-order valence-corrected chi connectivity index (χ3v) is 6.26. The number of carbonyl (C=O) groups excluding carboxylic acids is 1. The Kier molecular flexibility index (Phi) is 5.80. The van der Waals surface area contributed by atoms with Crippen molar-refractivity contribution in [1.29, 1.82) is 0 Å². The molecule has 1 aliphatic heterocycles. The minimum absolute atomic E-state index is 0.228. The summed E-state index contributed by atoms with van der Waals surface area (Å²) in [5, 5.41) is 0.622. The number of hydrogen-bond acceptors (Lipinski definition) is 6. The molecule has 2 heterocycles. The van der Waals surface area contributed by atoms with E-state index in [9.17, 15) is 9.59 Å². The molecule has 0 saturated heterocycles. The number of aromatic nitrogens is 1. The molecule has 0 saturated carbocycles. The van der Waals surface area contributed by atoms with Gasteiger partial charge in [-0.25, -0.2) is 9.79 Å². The van der Waals surface area contributed by atoms with Gasteiger partial charge >= 0.3 is 5.97 Å². The number of benzene rings is 2. The van der Waals surface area contributed by atoms with Crippen molar-refractivity contribution in [1.82, 2.24) is 4.57 Å². The van der Waals surface area contributed by atoms with E-state index >= 15 is 0 Å². The predicted octanol–water partition coefficient (Wildman–Crippen LogP) is 3.07. The molecule has 0 unspecified atom stereocenters. The van der Waals surface area contributed by atoms with Crippen LogP contribution < -0.4 is 19.6 Å². The normalized spacial score (nSPS) is 16.0. The van der Waals surface area contributed by atoms with Crippen molar-refractivity contribution in [3.05, 3.63) is 95.6 Å². The second-order valence-corrected chi connectivity index (χ2v) is 8.34. The summed E-state index contributed by atoms with van der Waals surface area (Å²) in [6.45, 7) is 1.75. The van der Waals surface area contributed by atoms with Crippen LogP contribution >= 0.6 is 22.9 Å². The summed E-state index contributed by atoms with van der Waals surface area (Å²) in [6.07, 6.45) is 1.79. The standard InChI is InChI=1S/C23H19ClN2O4S/c1-13-19(22(28)30-3)20(15-6-10-17(29-2)11-7-15)26-21(27)18(31-23(26)25-13)12-14-4-8-16(24)9-5-14/h4-12,20H,1-3H3/b18-12-/t20-/m1/s1. The van der Waals surface area contributed by atoms with Crippen molar-refractivity contribution in [3.63, 3.8) is 0 Å². The van der Waals surface area contributed by atoms with Gasteiger partial charge < -0.3 is 9.47 Å². The van der Waals surface area contributed by atoms with Crippen LogP contribution in [0.5, 0.6) is 5.75 Å². The van der Waals surface area contributed by atoms with E-state index in [0.29, 0.717) is 31.4 Å². The van der Waals surface area contributed by atoms with Gasteiger partial charge in [0.15, 0.2) is 4.80 Å². The molecule has 0 radical (unpaired) electrons. The SMILES string of the molecule is COC(=O)C1=C(C)N=c2s/c(=C\c3ccc(Cl)cc3)c(=O)n2[C@@H]1c1ccc(OC)cc1. The fraction of sp³-hybridized carbons (Fsp3) is 0.174. The molecule has 4 rings (SSSR count). The molecule has 1 atom stereocenters. The third kappa shape index (κ3) is 3.94. The van der Waals surface area contributed by atoms with Gasteiger partial charge in [-0.1, -0.05) is 47.2 Å². The lowest BCUT2D eigenvalue weighted by atomic mass is 9.96. The molecule has 0 bridgehead atoms. The van der Waals surface area contributed by atoms with Crippen LogP contribution in [-0.4, -0.2) is 24.8 Å². The number of fused-ring (bicyclic) bond motifs is 1. The van der Waals surface area contributed by atoms with E-state index in [1.165, 1.54) is 18.4 Å². The molecule has 0 spiro atoms. The lowest BCUT2D eigenvalue weighted by Crippen LogP contribution is -2.39. The van der Waals surface area contributed by atoms with E-state index < -0.39 is 12.0 Å². The van der Waals surface area contributed by atoms with Gasteiger partial charge in [-0.15, -0.1) is 0 Å². The second kappa shape index (κ2) is 8.53. The zero-order chi connectivity index (χ0) is 22.1. The van der Waals surface area contributed by atoms with Crippen LogP contribution in [0.3, 0.4) is 0 Å². The highest BCUT2D eigenvalue weighted by molar-refractivity contribution is 7.07. The highest BCUT2D eigenvalue weighted by Crippen LogP contribution is 2.31. The Labute approximate surface area is 187 Å². The average molecular weight is 455 g/mol. The summed E-state index contributed by atoms with van der Waals surface area (Å²) in [4.78, 5) is 31.1. The van der Waals surface area contributed by atoms with Crippen LogP contribution in [0.15, 0.2) is 69.6 Å². The number of allylic oxidation sites excluding steroid dienone is 1. The van der Waals surface area contributed by atoms with E-state index in [2.05, 4.69) is 4.99 Å². The van der Waals surface area contributed by atoms with E-state index in [-0.39, 0.29) is 5.56 Å². The minimum atomic E-state index is -0.651. The topological polar surface area (TPSA) is 69.9 Å². The van der Waals surface area contributed by atoms with Crippen LogP contribution in [0.4, 0.5) is 0 Å². The van der Waals surface area contributed by atoms with Gasteiger partial charge in [0.25, 0.3) is 5.56 Å². The summed E-state index contributed by atoms with van der Waals surface area (Å²) in [7, 11) is 2.90. The van der Waals surface area contributed by atoms with Crippen LogP contribution in [0.1, 0.15) is 24.1 Å². The zero-order valence-electron chi connectivity index (χ0n) is 17.1. The summed E-state index contributed by atoms with van der Waals surface area (Å²) in [5.41, 5.74) is 2.23. The molecule has 6 nitrogen and oxygen atoms in total. The Morgan fingerprint density at radius 1 is 1.13 bits per heavy atom. The quantitative estimate of drug-likeness (QED) is 0.568. The number of halogens is 1. The van der Waals surface area contributed by atoms with E-state index in [4.69, 9.17) is 21.1 Å². The molecular formula is C23H19ClN2O4S. The van der Waals surface area contributed by atoms with Gasteiger partial charge in [0.1, 0.15) is 5.75 Å². The van der Waals surface area contributed by atoms with Crippen LogP contribution in [0, 0.1) is 0 Å². The number of hydrogen-bond donors (Lipinski definition) is 0. The second-order valence-electron chi connectivity index (χ2n) is 6.90. The molecule has 1 aromatic heterocycles.